The van der Waals surface area contributed by atoms with Crippen LogP contribution in [0, 0.1) is 11.8 Å². The Kier molecular flexibility index (Phi) is 9.45. The van der Waals surface area contributed by atoms with Crippen molar-refractivity contribution in [1.29, 1.82) is 0 Å². The summed E-state index contributed by atoms with van der Waals surface area (Å²) in [5.41, 5.74) is 2.57. The summed E-state index contributed by atoms with van der Waals surface area (Å²) in [7, 11) is 0. The smallest absolute Gasteiger partial charge is 0.260 e. The summed E-state index contributed by atoms with van der Waals surface area (Å²) in [5, 5.41) is 14.1. The number of aromatic hydroxyl groups is 1. The molecule has 2 unspecified atom stereocenters. The number of ether oxygens (including phenoxy) is 1. The van der Waals surface area contributed by atoms with Crippen LogP contribution in [0.5, 0.6) is 11.5 Å². The Morgan fingerprint density at radius 3 is 2.74 bits per heavy atom. The molecule has 0 bridgehead atoms. The number of allylic oxidation sites excluding steroid dienone is 4. The topological polar surface area (TPSA) is 91.2 Å². The van der Waals surface area contributed by atoms with E-state index in [9.17, 15) is 14.7 Å². The second-order valence-electron chi connectivity index (χ2n) is 10.3. The maximum absolute atomic E-state index is 13.0. The number of phenolic OH excluding ortho intramolecular Hbond substituents is 1. The van der Waals surface area contributed by atoms with Gasteiger partial charge in [-0.15, -0.1) is 0 Å². The number of aliphatic imine (C=N–C) groups is 1. The fourth-order valence-electron chi connectivity index (χ4n) is 5.23. The SMILES string of the molecule is CC1C=C(Br)C=CC1C1=CCN(C(=O)COc2ccc(/C=N/CNC(=O)c3ccc(O)c(Cl)c3)c3ccccc23)CC1. The van der Waals surface area contributed by atoms with Crippen molar-refractivity contribution in [3.8, 4) is 11.5 Å². The van der Waals surface area contributed by atoms with Gasteiger partial charge in [0.25, 0.3) is 11.8 Å². The predicted octanol–water partition coefficient (Wildman–Crippen LogP) is 6.64. The molecule has 5 rings (SSSR count). The Labute approximate surface area is 258 Å². The quantitative estimate of drug-likeness (QED) is 0.212. The Bertz CT molecular complexity index is 1630. The normalized spacial score (nSPS) is 18.6. The predicted molar refractivity (Wildman–Crippen MR) is 171 cm³/mol. The zero-order chi connectivity index (χ0) is 29.6. The molecule has 0 spiro atoms. The van der Waals surface area contributed by atoms with E-state index in [1.165, 1.54) is 23.8 Å². The van der Waals surface area contributed by atoms with E-state index < -0.39 is 0 Å². The third-order valence-corrected chi connectivity index (χ3v) is 8.35. The number of phenols is 1. The van der Waals surface area contributed by atoms with Crippen molar-refractivity contribution in [2.24, 2.45) is 16.8 Å². The monoisotopic (exact) mass is 647 g/mol. The first kappa shape index (κ1) is 29.6. The number of benzene rings is 3. The van der Waals surface area contributed by atoms with Gasteiger partial charge in [-0.05, 0) is 48.1 Å². The molecule has 0 radical (unpaired) electrons. The molecule has 3 aromatic rings. The molecule has 0 saturated heterocycles. The molecule has 0 saturated carbocycles. The van der Waals surface area contributed by atoms with E-state index in [4.69, 9.17) is 16.3 Å². The summed E-state index contributed by atoms with van der Waals surface area (Å²) >= 11 is 9.44. The highest BCUT2D eigenvalue weighted by atomic mass is 79.9. The van der Waals surface area contributed by atoms with Crippen LogP contribution in [-0.2, 0) is 4.79 Å². The maximum atomic E-state index is 13.0. The Morgan fingerprint density at radius 1 is 1.19 bits per heavy atom. The van der Waals surface area contributed by atoms with Gasteiger partial charge >= 0.3 is 0 Å². The van der Waals surface area contributed by atoms with E-state index in [2.05, 4.69) is 57.5 Å². The average Bonchev–Trinajstić information content (AvgIpc) is 3.00. The number of hydrogen-bond acceptors (Lipinski definition) is 5. The number of carbonyl (C=O) groups excluding carboxylic acids is 2. The van der Waals surface area contributed by atoms with Crippen LogP contribution in [0.3, 0.4) is 0 Å². The van der Waals surface area contributed by atoms with Crippen molar-refractivity contribution < 1.29 is 19.4 Å². The minimum absolute atomic E-state index is 0.0384. The highest BCUT2D eigenvalue weighted by Gasteiger charge is 2.25. The number of carbonyl (C=O) groups is 2. The fourth-order valence-corrected chi connectivity index (χ4v) is 5.98. The molecule has 1 aliphatic carbocycles. The largest absolute Gasteiger partial charge is 0.506 e. The highest BCUT2D eigenvalue weighted by molar-refractivity contribution is 9.11. The highest BCUT2D eigenvalue weighted by Crippen LogP contribution is 2.34. The number of nitrogens with zero attached hydrogens (tertiary/aromatic N) is 2. The third-order valence-electron chi connectivity index (χ3n) is 7.52. The second kappa shape index (κ2) is 13.4. The molecular formula is C33H31BrClN3O4. The van der Waals surface area contributed by atoms with E-state index in [1.54, 1.807) is 6.21 Å². The lowest BCUT2D eigenvalue weighted by molar-refractivity contribution is -0.133. The minimum atomic E-state index is -0.349. The Morgan fingerprint density at radius 2 is 2.00 bits per heavy atom. The van der Waals surface area contributed by atoms with E-state index in [0.29, 0.717) is 36.2 Å². The maximum Gasteiger partial charge on any atom is 0.260 e. The zero-order valence-corrected chi connectivity index (χ0v) is 25.4. The van der Waals surface area contributed by atoms with Gasteiger partial charge in [-0.25, -0.2) is 0 Å². The number of amides is 2. The van der Waals surface area contributed by atoms with Crippen molar-refractivity contribution in [3.05, 3.63) is 105 Å². The fraction of sp³-hybridized carbons (Fsp3) is 0.242. The van der Waals surface area contributed by atoms with Crippen LogP contribution < -0.4 is 10.1 Å². The van der Waals surface area contributed by atoms with Crippen LogP contribution >= 0.6 is 27.5 Å². The third kappa shape index (κ3) is 6.94. The van der Waals surface area contributed by atoms with Crippen LogP contribution in [0.4, 0.5) is 0 Å². The lowest BCUT2D eigenvalue weighted by Crippen LogP contribution is -2.39. The molecule has 9 heteroatoms. The molecule has 42 heavy (non-hydrogen) atoms. The molecule has 7 nitrogen and oxygen atoms in total. The van der Waals surface area contributed by atoms with Crippen LogP contribution in [0.15, 0.2) is 93.9 Å². The second-order valence-corrected chi connectivity index (χ2v) is 11.6. The van der Waals surface area contributed by atoms with Gasteiger partial charge in [0.05, 0.1) is 5.02 Å². The number of rotatable bonds is 8. The molecule has 0 aromatic heterocycles. The van der Waals surface area contributed by atoms with E-state index in [0.717, 1.165) is 27.2 Å². The molecule has 2 amide bonds. The van der Waals surface area contributed by atoms with Gasteiger partial charge < -0.3 is 20.1 Å². The molecular weight excluding hydrogens is 618 g/mol. The van der Waals surface area contributed by atoms with Crippen LogP contribution in [0.1, 0.15) is 29.3 Å². The Hall–Kier alpha value is -3.88. The number of nitrogens with one attached hydrogen (secondary N) is 1. The van der Waals surface area contributed by atoms with Crippen LogP contribution in [0.2, 0.25) is 5.02 Å². The van der Waals surface area contributed by atoms with Gasteiger partial charge in [0.2, 0.25) is 0 Å². The number of halogens is 2. The van der Waals surface area contributed by atoms with E-state index >= 15 is 0 Å². The Balaban J connectivity index is 1.18. The van der Waals surface area contributed by atoms with Crippen LogP contribution in [-0.4, -0.2) is 54.4 Å². The summed E-state index contributed by atoms with van der Waals surface area (Å²) < 4.78 is 7.14. The van der Waals surface area contributed by atoms with Crippen molar-refractivity contribution >= 4 is 56.3 Å². The van der Waals surface area contributed by atoms with Crippen molar-refractivity contribution in [3.63, 3.8) is 0 Å². The molecule has 2 N–H and O–H groups in total. The molecule has 0 fully saturated rings. The molecule has 1 aliphatic heterocycles. The van der Waals surface area contributed by atoms with Gasteiger partial charge in [-0.3, -0.25) is 14.6 Å². The first-order valence-corrected chi connectivity index (χ1v) is 14.9. The van der Waals surface area contributed by atoms with Gasteiger partial charge in [0, 0.05) is 46.2 Å². The number of fused-ring (bicyclic) bond motifs is 1. The van der Waals surface area contributed by atoms with E-state index in [1.807, 2.05) is 41.3 Å². The molecule has 2 aliphatic rings. The molecule has 2 atom stereocenters. The molecule has 1 heterocycles. The lowest BCUT2D eigenvalue weighted by Gasteiger charge is -2.31. The lowest BCUT2D eigenvalue weighted by atomic mass is 9.81. The summed E-state index contributed by atoms with van der Waals surface area (Å²) in [6, 6.07) is 15.8. The van der Waals surface area contributed by atoms with Crippen molar-refractivity contribution in [2.45, 2.75) is 13.3 Å². The molecule has 216 valence electrons. The summed E-state index contributed by atoms with van der Waals surface area (Å²) in [5.74, 6) is 0.954. The minimum Gasteiger partial charge on any atom is -0.506 e. The summed E-state index contributed by atoms with van der Waals surface area (Å²) in [6.45, 7) is 3.52. The first-order chi connectivity index (χ1) is 20.3. The molecule has 3 aromatic carbocycles. The van der Waals surface area contributed by atoms with Crippen molar-refractivity contribution in [2.75, 3.05) is 26.4 Å². The van der Waals surface area contributed by atoms with Gasteiger partial charge in [-0.1, -0.05) is 88.6 Å². The van der Waals surface area contributed by atoms with Crippen molar-refractivity contribution in [1.82, 2.24) is 10.2 Å². The van der Waals surface area contributed by atoms with E-state index in [-0.39, 0.29) is 35.9 Å². The standard InChI is InChI=1S/C33H31BrClN3O4/c1-21-16-25(34)8-9-26(21)22-12-14-38(15-13-22)32(40)19-42-31-11-7-24(27-4-2-3-5-28(27)31)18-36-20-37-33(41)23-6-10-30(39)29(35)17-23/h2-12,16-18,21,26,39H,13-15,19-20H2,1H3,(H,37,41)/b36-18+. The van der Waals surface area contributed by atoms with Crippen LogP contribution in [0.25, 0.3) is 10.8 Å². The van der Waals surface area contributed by atoms with Gasteiger partial charge in [-0.2, -0.15) is 0 Å². The zero-order valence-electron chi connectivity index (χ0n) is 23.1. The first-order valence-electron chi connectivity index (χ1n) is 13.7. The van der Waals surface area contributed by atoms with Gasteiger partial charge in [0.15, 0.2) is 6.61 Å². The average molecular weight is 649 g/mol. The van der Waals surface area contributed by atoms with Gasteiger partial charge in [0.1, 0.15) is 18.2 Å². The summed E-state index contributed by atoms with van der Waals surface area (Å²) in [6.07, 6.45) is 11.3. The number of hydrogen-bond donors (Lipinski definition) is 2. The summed E-state index contributed by atoms with van der Waals surface area (Å²) in [4.78, 5) is 31.5.